The minimum atomic E-state index is 0.168. The minimum absolute atomic E-state index is 0.168. The summed E-state index contributed by atoms with van der Waals surface area (Å²) in [7, 11) is 0. The molecule has 0 fully saturated rings. The van der Waals surface area contributed by atoms with Crippen LogP contribution < -0.4 is 5.36 Å². The standard InChI is InChI=1S/C25H18N2O2S/c1-16-24(18-10-6-3-7-11-18)27-25(30-16)26-21-15-23(17-8-4-2-5-9-17)29-22-13-12-19(28)14-20(21)22/h2-15,28H,1H3/b26-21+. The molecule has 5 heteroatoms. The van der Waals surface area contributed by atoms with Gasteiger partial charge in [-0.3, -0.25) is 0 Å². The molecule has 5 aromatic rings. The average Bonchev–Trinajstić information content (AvgIpc) is 3.15. The first kappa shape index (κ1) is 18.3. The Morgan fingerprint density at radius 1 is 0.867 bits per heavy atom. The van der Waals surface area contributed by atoms with E-state index < -0.39 is 0 Å². The van der Waals surface area contributed by atoms with E-state index in [2.05, 4.69) is 6.92 Å². The van der Waals surface area contributed by atoms with Gasteiger partial charge in [0.2, 0.25) is 5.13 Å². The van der Waals surface area contributed by atoms with Crippen molar-refractivity contribution in [1.82, 2.24) is 4.98 Å². The number of nitrogens with zero attached hydrogens (tertiary/aromatic N) is 2. The van der Waals surface area contributed by atoms with E-state index in [0.717, 1.165) is 27.1 Å². The van der Waals surface area contributed by atoms with Crippen molar-refractivity contribution in [3.63, 3.8) is 0 Å². The van der Waals surface area contributed by atoms with E-state index >= 15 is 0 Å². The summed E-state index contributed by atoms with van der Waals surface area (Å²) in [5, 5.41) is 12.1. The van der Waals surface area contributed by atoms with Crippen LogP contribution in [-0.4, -0.2) is 10.1 Å². The molecule has 30 heavy (non-hydrogen) atoms. The zero-order valence-electron chi connectivity index (χ0n) is 16.2. The van der Waals surface area contributed by atoms with Crippen LogP contribution >= 0.6 is 11.3 Å². The lowest BCUT2D eigenvalue weighted by Crippen LogP contribution is -2.03. The number of phenolic OH excluding ortho intramolecular Hbond substituents is 1. The van der Waals surface area contributed by atoms with Crippen molar-refractivity contribution >= 4 is 27.4 Å². The third kappa shape index (κ3) is 3.51. The predicted octanol–water partition coefficient (Wildman–Crippen LogP) is 6.47. The van der Waals surface area contributed by atoms with E-state index in [4.69, 9.17) is 14.4 Å². The van der Waals surface area contributed by atoms with Crippen LogP contribution in [0.3, 0.4) is 0 Å². The molecule has 0 unspecified atom stereocenters. The lowest BCUT2D eigenvalue weighted by Gasteiger charge is -2.05. The fourth-order valence-corrected chi connectivity index (χ4v) is 4.21. The molecule has 1 N–H and O–H groups in total. The van der Waals surface area contributed by atoms with Crippen LogP contribution in [-0.2, 0) is 0 Å². The first-order chi connectivity index (χ1) is 14.7. The third-order valence-corrected chi connectivity index (χ3v) is 5.70. The van der Waals surface area contributed by atoms with Gasteiger partial charge in [0.25, 0.3) is 0 Å². The Kier molecular flexibility index (Phi) is 4.65. The van der Waals surface area contributed by atoms with Crippen molar-refractivity contribution < 1.29 is 9.52 Å². The van der Waals surface area contributed by atoms with E-state index in [9.17, 15) is 5.11 Å². The molecule has 2 heterocycles. The van der Waals surface area contributed by atoms with Gasteiger partial charge in [0.1, 0.15) is 17.1 Å². The second-order valence-electron chi connectivity index (χ2n) is 6.92. The Hall–Kier alpha value is -3.70. The Balaban J connectivity index is 1.72. The molecular formula is C25H18N2O2S. The topological polar surface area (TPSA) is 58.6 Å². The molecule has 0 amide bonds. The monoisotopic (exact) mass is 410 g/mol. The molecule has 5 rings (SSSR count). The van der Waals surface area contributed by atoms with E-state index in [0.29, 0.717) is 21.8 Å². The number of phenols is 1. The van der Waals surface area contributed by atoms with Crippen LogP contribution in [0, 0.1) is 6.92 Å². The van der Waals surface area contributed by atoms with Gasteiger partial charge in [-0.1, -0.05) is 72.0 Å². The SMILES string of the molecule is Cc1sc(/N=c2\cc(-c3ccccc3)oc3ccc(O)cc23)nc1-c1ccccc1. The Labute approximate surface area is 177 Å². The Bertz CT molecular complexity index is 1400. The van der Waals surface area contributed by atoms with Crippen molar-refractivity contribution in [2.75, 3.05) is 0 Å². The summed E-state index contributed by atoms with van der Waals surface area (Å²) in [6, 6.07) is 27.0. The van der Waals surface area contributed by atoms with Crippen molar-refractivity contribution in [3.05, 3.63) is 95.2 Å². The second kappa shape index (κ2) is 7.61. The molecule has 0 atom stereocenters. The van der Waals surface area contributed by atoms with Crippen LogP contribution in [0.15, 0.2) is 94.3 Å². The van der Waals surface area contributed by atoms with Crippen LogP contribution in [0.5, 0.6) is 5.75 Å². The number of thiazole rings is 1. The predicted molar refractivity (Wildman–Crippen MR) is 121 cm³/mol. The Morgan fingerprint density at radius 2 is 1.57 bits per heavy atom. The molecule has 0 aliphatic rings. The molecule has 0 spiro atoms. The molecule has 146 valence electrons. The Morgan fingerprint density at radius 3 is 2.30 bits per heavy atom. The quantitative estimate of drug-likeness (QED) is 0.371. The molecule has 0 aliphatic carbocycles. The molecular weight excluding hydrogens is 392 g/mol. The number of fused-ring (bicyclic) bond motifs is 1. The van der Waals surface area contributed by atoms with Crippen molar-refractivity contribution in [3.8, 4) is 28.3 Å². The van der Waals surface area contributed by atoms with E-state index in [1.54, 1.807) is 29.5 Å². The molecule has 0 bridgehead atoms. The molecule has 0 saturated carbocycles. The van der Waals surface area contributed by atoms with Crippen molar-refractivity contribution in [2.45, 2.75) is 6.92 Å². The zero-order valence-corrected chi connectivity index (χ0v) is 17.1. The lowest BCUT2D eigenvalue weighted by molar-refractivity contribution is 0.475. The number of aromatic nitrogens is 1. The first-order valence-corrected chi connectivity index (χ1v) is 10.4. The van der Waals surface area contributed by atoms with Gasteiger partial charge in [0.15, 0.2) is 0 Å². The van der Waals surface area contributed by atoms with Gasteiger partial charge < -0.3 is 9.52 Å². The molecule has 0 radical (unpaired) electrons. The third-order valence-electron chi connectivity index (χ3n) is 4.83. The second-order valence-corrected chi connectivity index (χ2v) is 8.10. The van der Waals surface area contributed by atoms with Gasteiger partial charge in [-0.15, -0.1) is 0 Å². The molecule has 2 aromatic heterocycles. The molecule has 3 aromatic carbocycles. The van der Waals surface area contributed by atoms with Crippen LogP contribution in [0.1, 0.15) is 4.88 Å². The van der Waals surface area contributed by atoms with Crippen molar-refractivity contribution in [1.29, 1.82) is 0 Å². The van der Waals surface area contributed by atoms with E-state index in [1.165, 1.54) is 0 Å². The van der Waals surface area contributed by atoms with Gasteiger partial charge in [-0.25, -0.2) is 9.98 Å². The van der Waals surface area contributed by atoms with Crippen LogP contribution in [0.2, 0.25) is 0 Å². The highest BCUT2D eigenvalue weighted by atomic mass is 32.1. The number of aromatic hydroxyl groups is 1. The largest absolute Gasteiger partial charge is 0.508 e. The lowest BCUT2D eigenvalue weighted by atomic mass is 10.1. The first-order valence-electron chi connectivity index (χ1n) is 9.57. The fourth-order valence-electron chi connectivity index (χ4n) is 3.39. The van der Waals surface area contributed by atoms with Crippen LogP contribution in [0.25, 0.3) is 33.6 Å². The summed E-state index contributed by atoms with van der Waals surface area (Å²) < 4.78 is 6.09. The number of hydrogen-bond donors (Lipinski definition) is 1. The number of aryl methyl sites for hydroxylation is 1. The van der Waals surface area contributed by atoms with Crippen molar-refractivity contribution in [2.24, 2.45) is 4.99 Å². The van der Waals surface area contributed by atoms with Gasteiger partial charge >= 0.3 is 0 Å². The maximum absolute atomic E-state index is 10.0. The fraction of sp³-hybridized carbons (Fsp3) is 0.0400. The summed E-state index contributed by atoms with van der Waals surface area (Å²) in [5.74, 6) is 0.881. The summed E-state index contributed by atoms with van der Waals surface area (Å²) in [6.45, 7) is 2.05. The van der Waals surface area contributed by atoms with E-state index in [1.807, 2.05) is 66.7 Å². The highest BCUT2D eigenvalue weighted by Crippen LogP contribution is 2.32. The molecule has 0 aliphatic heterocycles. The average molecular weight is 410 g/mol. The van der Waals surface area contributed by atoms with Gasteiger partial charge in [0.05, 0.1) is 11.1 Å². The van der Waals surface area contributed by atoms with E-state index in [-0.39, 0.29) is 5.75 Å². The number of rotatable bonds is 3. The summed E-state index contributed by atoms with van der Waals surface area (Å²) >= 11 is 1.55. The summed E-state index contributed by atoms with van der Waals surface area (Å²) in [6.07, 6.45) is 0. The highest BCUT2D eigenvalue weighted by Gasteiger charge is 2.11. The maximum Gasteiger partial charge on any atom is 0.210 e. The van der Waals surface area contributed by atoms with Gasteiger partial charge in [-0.05, 0) is 25.1 Å². The normalized spacial score (nSPS) is 11.8. The number of hydrogen-bond acceptors (Lipinski definition) is 5. The number of benzene rings is 3. The molecule has 4 nitrogen and oxygen atoms in total. The summed E-state index contributed by atoms with van der Waals surface area (Å²) in [5.41, 5.74) is 3.63. The summed E-state index contributed by atoms with van der Waals surface area (Å²) in [4.78, 5) is 10.7. The van der Waals surface area contributed by atoms with Gasteiger partial charge in [0, 0.05) is 27.5 Å². The maximum atomic E-state index is 10.0. The highest BCUT2D eigenvalue weighted by molar-refractivity contribution is 7.15. The van der Waals surface area contributed by atoms with Crippen LogP contribution in [0.4, 0.5) is 5.13 Å². The minimum Gasteiger partial charge on any atom is -0.508 e. The zero-order chi connectivity index (χ0) is 20.5. The molecule has 0 saturated heterocycles. The van der Waals surface area contributed by atoms with Gasteiger partial charge in [-0.2, -0.15) is 0 Å². The smallest absolute Gasteiger partial charge is 0.210 e.